The molecule has 1 amide bonds. The predicted molar refractivity (Wildman–Crippen MR) is 98.3 cm³/mol. The number of nitrogens with two attached hydrogens (primary N) is 1. The Hall–Kier alpha value is -2.02. The molecule has 0 aliphatic rings. The third-order valence-corrected chi connectivity index (χ3v) is 4.30. The highest BCUT2D eigenvalue weighted by molar-refractivity contribution is 6.45. The average Bonchev–Trinajstić information content (AvgIpc) is 2.56. The van der Waals surface area contributed by atoms with E-state index in [1.165, 1.54) is 6.21 Å². The maximum atomic E-state index is 12.1. The summed E-state index contributed by atoms with van der Waals surface area (Å²) in [5, 5.41) is 3.94. The van der Waals surface area contributed by atoms with Crippen LogP contribution < -0.4 is 21.0 Å². The normalized spacial score (nSPS) is 10.9. The number of nitrogens with one attached hydrogen (secondary N) is 2. The van der Waals surface area contributed by atoms with Crippen LogP contribution in [-0.2, 0) is 0 Å². The molecule has 0 saturated heterocycles. The van der Waals surface area contributed by atoms with Crippen LogP contribution in [0.2, 0.25) is 15.2 Å². The second-order valence-corrected chi connectivity index (χ2v) is 6.17. The van der Waals surface area contributed by atoms with Gasteiger partial charge in [0.2, 0.25) is 0 Å². The van der Waals surface area contributed by atoms with E-state index in [-0.39, 0.29) is 26.6 Å². The summed E-state index contributed by atoms with van der Waals surface area (Å²) in [6.45, 7) is 0. The van der Waals surface area contributed by atoms with Gasteiger partial charge in [-0.1, -0.05) is 35.3 Å². The number of hydrogen-bond acceptors (Lipinski definition) is 4. The first kappa shape index (κ1) is 18.3. The molecule has 0 saturated carbocycles. The van der Waals surface area contributed by atoms with Gasteiger partial charge in [0.15, 0.2) is 0 Å². The van der Waals surface area contributed by atoms with Crippen molar-refractivity contribution in [2.75, 3.05) is 24.7 Å². The predicted octanol–water partition coefficient (Wildman–Crippen LogP) is 2.87. The molecule has 0 atom stereocenters. The number of H-pyrrole nitrogens is 1. The van der Waals surface area contributed by atoms with Crippen molar-refractivity contribution in [2.45, 2.75) is 0 Å². The summed E-state index contributed by atoms with van der Waals surface area (Å²) in [7, 11) is 3.90. The third kappa shape index (κ3) is 4.08. The minimum absolute atomic E-state index is 0.0203. The molecule has 0 aliphatic carbocycles. The largest absolute Gasteiger partial charge is 0.396 e. The van der Waals surface area contributed by atoms with E-state index >= 15 is 0 Å². The lowest BCUT2D eigenvalue weighted by atomic mass is 10.2. The fourth-order valence-electron chi connectivity index (χ4n) is 1.81. The lowest BCUT2D eigenvalue weighted by molar-refractivity contribution is -0.379. The highest BCUT2D eigenvalue weighted by Gasteiger charge is 2.25. The van der Waals surface area contributed by atoms with Crippen LogP contribution in [0, 0.1) is 0 Å². The molecule has 9 heteroatoms. The number of aromatic amines is 1. The van der Waals surface area contributed by atoms with E-state index in [4.69, 9.17) is 40.5 Å². The molecule has 0 radical (unpaired) electrons. The topological polar surface area (TPSA) is 84.9 Å². The highest BCUT2D eigenvalue weighted by Crippen LogP contribution is 2.31. The second kappa shape index (κ2) is 7.70. The number of amides is 1. The standard InChI is InChI=1S/C15H14Cl3N5O/c1-23(2)9-5-3-8(4-6-9)7-20-22-15(24)13-10(16)12(19)11(17)14(18)21-13/h3-7H,1-2H3,(H2,19,21)(H,22,24)/p+1/b20-7-. The van der Waals surface area contributed by atoms with Crippen LogP contribution in [0.3, 0.4) is 0 Å². The van der Waals surface area contributed by atoms with Crippen LogP contribution >= 0.6 is 34.8 Å². The molecule has 1 aromatic heterocycles. The number of nitrogens with zero attached hydrogens (tertiary/aromatic N) is 2. The fourth-order valence-corrected chi connectivity index (χ4v) is 2.42. The Labute approximate surface area is 154 Å². The van der Waals surface area contributed by atoms with Gasteiger partial charge in [-0.15, -0.1) is 0 Å². The van der Waals surface area contributed by atoms with Gasteiger partial charge in [-0.3, -0.25) is 4.79 Å². The summed E-state index contributed by atoms with van der Waals surface area (Å²) in [5.41, 5.74) is 9.92. The van der Waals surface area contributed by atoms with E-state index in [1.54, 1.807) is 0 Å². The van der Waals surface area contributed by atoms with Crippen molar-refractivity contribution in [3.63, 3.8) is 0 Å². The summed E-state index contributed by atoms with van der Waals surface area (Å²) < 4.78 is 0. The number of rotatable bonds is 4. The van der Waals surface area contributed by atoms with Gasteiger partial charge < -0.3 is 10.6 Å². The van der Waals surface area contributed by atoms with E-state index < -0.39 is 5.91 Å². The van der Waals surface area contributed by atoms with Crippen LogP contribution in [0.15, 0.2) is 29.4 Å². The lowest BCUT2D eigenvalue weighted by Gasteiger charge is -2.11. The van der Waals surface area contributed by atoms with Gasteiger partial charge >= 0.3 is 5.91 Å². The van der Waals surface area contributed by atoms with E-state index in [9.17, 15) is 4.79 Å². The van der Waals surface area contributed by atoms with E-state index in [2.05, 4.69) is 15.5 Å². The zero-order valence-electron chi connectivity index (χ0n) is 12.9. The first-order chi connectivity index (χ1) is 11.3. The molecule has 0 bridgehead atoms. The molecule has 2 aromatic rings. The Morgan fingerprint density at radius 2 is 1.83 bits per heavy atom. The molecule has 2 rings (SSSR count). The molecule has 6 nitrogen and oxygen atoms in total. The van der Waals surface area contributed by atoms with E-state index in [0.717, 1.165) is 11.3 Å². The van der Waals surface area contributed by atoms with Gasteiger partial charge in [-0.05, 0) is 29.3 Å². The van der Waals surface area contributed by atoms with Gasteiger partial charge in [0.1, 0.15) is 10.0 Å². The van der Waals surface area contributed by atoms with Crippen molar-refractivity contribution >= 4 is 58.3 Å². The average molecular weight is 388 g/mol. The highest BCUT2D eigenvalue weighted by atomic mass is 35.5. The minimum atomic E-state index is -0.591. The number of carbonyl (C=O) groups excluding carboxylic acids is 1. The number of anilines is 2. The van der Waals surface area contributed by atoms with Crippen molar-refractivity contribution < 1.29 is 9.78 Å². The number of pyridine rings is 1. The zero-order valence-corrected chi connectivity index (χ0v) is 15.2. The Morgan fingerprint density at radius 3 is 2.42 bits per heavy atom. The van der Waals surface area contributed by atoms with Crippen LogP contribution in [0.25, 0.3) is 0 Å². The summed E-state index contributed by atoms with van der Waals surface area (Å²) >= 11 is 17.7. The Kier molecular flexibility index (Phi) is 5.88. The maximum absolute atomic E-state index is 12.1. The molecule has 1 aromatic carbocycles. The summed E-state index contributed by atoms with van der Waals surface area (Å²) in [6, 6.07) is 7.63. The summed E-state index contributed by atoms with van der Waals surface area (Å²) in [6.07, 6.45) is 1.51. The Bertz CT molecular complexity index is 791. The van der Waals surface area contributed by atoms with Crippen molar-refractivity contribution in [3.05, 3.63) is 50.7 Å². The number of aromatic nitrogens is 1. The molecule has 0 unspecified atom stereocenters. The van der Waals surface area contributed by atoms with Crippen molar-refractivity contribution in [1.82, 2.24) is 5.43 Å². The van der Waals surface area contributed by atoms with Crippen molar-refractivity contribution in [2.24, 2.45) is 5.10 Å². The quantitative estimate of drug-likeness (QED) is 0.480. The summed E-state index contributed by atoms with van der Waals surface area (Å²) in [5.74, 6) is -0.591. The van der Waals surface area contributed by atoms with Gasteiger partial charge in [0, 0.05) is 19.8 Å². The lowest BCUT2D eigenvalue weighted by Crippen LogP contribution is -2.28. The molecule has 24 heavy (non-hydrogen) atoms. The molecule has 126 valence electrons. The molecule has 0 spiro atoms. The van der Waals surface area contributed by atoms with Crippen molar-refractivity contribution in [1.29, 1.82) is 0 Å². The number of carbonyl (C=O) groups is 1. The molecular weight excluding hydrogens is 373 g/mol. The van der Waals surface area contributed by atoms with Crippen LogP contribution in [0.1, 0.15) is 16.1 Å². The van der Waals surface area contributed by atoms with Crippen molar-refractivity contribution in [3.8, 4) is 0 Å². The maximum Gasteiger partial charge on any atom is 0.337 e. The Morgan fingerprint density at radius 1 is 1.21 bits per heavy atom. The molecule has 1 heterocycles. The fraction of sp³-hybridized carbons (Fsp3) is 0.133. The molecule has 4 N–H and O–H groups in total. The Balaban J connectivity index is 2.10. The third-order valence-electron chi connectivity index (χ3n) is 3.14. The second-order valence-electron chi connectivity index (χ2n) is 5.04. The first-order valence-corrected chi connectivity index (χ1v) is 7.90. The van der Waals surface area contributed by atoms with Gasteiger partial charge in [0.25, 0.3) is 10.8 Å². The summed E-state index contributed by atoms with van der Waals surface area (Å²) in [4.78, 5) is 16.7. The first-order valence-electron chi connectivity index (χ1n) is 6.77. The molecule has 0 aliphatic heterocycles. The molecule has 0 fully saturated rings. The number of halogens is 3. The SMILES string of the molecule is CN(C)c1ccc(/C=N\NC(=O)c2[nH+]c(Cl)c(Cl)c(N)c2Cl)cc1. The molecular formula is C15H15Cl3N5O+. The monoisotopic (exact) mass is 386 g/mol. The van der Waals surface area contributed by atoms with Crippen LogP contribution in [0.5, 0.6) is 0 Å². The van der Waals surface area contributed by atoms with Gasteiger partial charge in [0.05, 0.1) is 11.9 Å². The number of benzene rings is 1. The van der Waals surface area contributed by atoms with Gasteiger partial charge in [-0.2, -0.15) is 10.1 Å². The van der Waals surface area contributed by atoms with Crippen LogP contribution in [-0.4, -0.2) is 26.2 Å². The van der Waals surface area contributed by atoms with Gasteiger partial charge in [-0.25, -0.2) is 5.43 Å². The zero-order chi connectivity index (χ0) is 17.9. The van der Waals surface area contributed by atoms with Crippen LogP contribution in [0.4, 0.5) is 11.4 Å². The smallest absolute Gasteiger partial charge is 0.337 e. The van der Waals surface area contributed by atoms with E-state index in [1.807, 2.05) is 43.3 Å². The number of nitrogen functional groups attached to an aromatic ring is 1. The van der Waals surface area contributed by atoms with E-state index in [0.29, 0.717) is 0 Å². The number of hydrazone groups is 1. The minimum Gasteiger partial charge on any atom is -0.396 e. The number of hydrogen-bond donors (Lipinski definition) is 2.